The Morgan fingerprint density at radius 3 is 1.20 bits per heavy atom. The van der Waals surface area contributed by atoms with Gasteiger partial charge in [0.25, 0.3) is 0 Å². The predicted octanol–water partition coefficient (Wildman–Crippen LogP) is 1.08. The first-order chi connectivity index (χ1) is 1.91. The average molecular weight is 106 g/mol. The van der Waals surface area contributed by atoms with E-state index >= 15 is 0 Å². The topological polar surface area (TPSA) is 0 Å². The van der Waals surface area contributed by atoms with Crippen LogP contribution in [0.2, 0.25) is 0 Å². The Morgan fingerprint density at radius 2 is 1.20 bits per heavy atom. The van der Waals surface area contributed by atoms with Crippen molar-refractivity contribution in [3.05, 3.63) is 0 Å². The van der Waals surface area contributed by atoms with E-state index in [1.54, 1.807) is 0 Å². The van der Waals surface area contributed by atoms with Gasteiger partial charge < -0.3 is 0 Å². The SMILES string of the molecule is ClCCCl.[Li]. The summed E-state index contributed by atoms with van der Waals surface area (Å²) in [5.41, 5.74) is 0. The first-order valence-electron chi connectivity index (χ1n) is 1.03. The molecule has 1 radical (unpaired) electrons. The average Bonchev–Trinajstić information content (AvgIpc) is 1.37. The van der Waals surface area contributed by atoms with Crippen molar-refractivity contribution >= 4 is 42.1 Å². The molecule has 0 nitrogen and oxygen atoms in total. The minimum absolute atomic E-state index is 0. The third-order valence-corrected chi connectivity index (χ3v) is 0.643. The summed E-state index contributed by atoms with van der Waals surface area (Å²) in [5.74, 6) is 1.11. The van der Waals surface area contributed by atoms with Gasteiger partial charge in [0.15, 0.2) is 0 Å². The van der Waals surface area contributed by atoms with E-state index in [2.05, 4.69) is 0 Å². The van der Waals surface area contributed by atoms with Crippen molar-refractivity contribution in [2.45, 2.75) is 0 Å². The first-order valence-corrected chi connectivity index (χ1v) is 2.10. The standard InChI is InChI=1S/C2H4Cl2.Li/c3-1-2-4;/h1-2H2;. The number of alkyl halides is 2. The molecule has 0 aromatic heterocycles. The molecule has 0 aromatic carbocycles. The van der Waals surface area contributed by atoms with E-state index < -0.39 is 0 Å². The first kappa shape index (κ1) is 9.49. The van der Waals surface area contributed by atoms with Crippen molar-refractivity contribution in [2.75, 3.05) is 11.8 Å². The molecule has 0 fully saturated rings. The fourth-order valence-electron chi connectivity index (χ4n) is 0. The van der Waals surface area contributed by atoms with Gasteiger partial charge in [-0.15, -0.1) is 23.2 Å². The molecule has 0 aliphatic rings. The number of hydrogen-bond donors (Lipinski definition) is 0. The number of halogens is 2. The molecule has 5 heavy (non-hydrogen) atoms. The van der Waals surface area contributed by atoms with Crippen LogP contribution < -0.4 is 0 Å². The second-order valence-electron chi connectivity index (χ2n) is 0.378. The third kappa shape index (κ3) is 11.0. The Bertz CT molecular complexity index is 9.61. The Hall–Kier alpha value is 1.18. The number of rotatable bonds is 1. The zero-order valence-corrected chi connectivity index (χ0v) is 4.68. The van der Waals surface area contributed by atoms with Crippen LogP contribution in [0.25, 0.3) is 0 Å². The molecule has 0 saturated heterocycles. The van der Waals surface area contributed by atoms with E-state index in [0.717, 1.165) is 0 Å². The molecule has 0 amide bonds. The summed E-state index contributed by atoms with van der Waals surface area (Å²) in [6.07, 6.45) is 0. The molecule has 0 rings (SSSR count). The van der Waals surface area contributed by atoms with Gasteiger partial charge in [0, 0.05) is 30.6 Å². The normalized spacial score (nSPS) is 6.00. The summed E-state index contributed by atoms with van der Waals surface area (Å²) in [6.45, 7) is 0. The Morgan fingerprint density at radius 1 is 1.00 bits per heavy atom. The second-order valence-corrected chi connectivity index (χ2v) is 1.13. The van der Waals surface area contributed by atoms with Crippen LogP contribution in [0.3, 0.4) is 0 Å². The Labute approximate surface area is 54.0 Å². The molecule has 0 aromatic rings. The molecular weight excluding hydrogens is 102 g/mol. The van der Waals surface area contributed by atoms with Crippen LogP contribution in [0.1, 0.15) is 0 Å². The quantitative estimate of drug-likeness (QED) is 0.346. The molecule has 0 aliphatic heterocycles. The van der Waals surface area contributed by atoms with Crippen LogP contribution in [0.5, 0.6) is 0 Å². The van der Waals surface area contributed by atoms with E-state index in [0.29, 0.717) is 11.8 Å². The molecular formula is C2H4Cl2Li. The Balaban J connectivity index is 0. The van der Waals surface area contributed by atoms with Crippen molar-refractivity contribution in [3.63, 3.8) is 0 Å². The minimum Gasteiger partial charge on any atom is -0.125 e. The summed E-state index contributed by atoms with van der Waals surface area (Å²) in [5, 5.41) is 0. The molecule has 0 spiro atoms. The molecule has 0 N–H and O–H groups in total. The molecule has 0 unspecified atom stereocenters. The van der Waals surface area contributed by atoms with Crippen LogP contribution >= 0.6 is 23.2 Å². The van der Waals surface area contributed by atoms with Gasteiger partial charge in [-0.3, -0.25) is 0 Å². The fourth-order valence-corrected chi connectivity index (χ4v) is 0. The van der Waals surface area contributed by atoms with Gasteiger partial charge in [0.1, 0.15) is 0 Å². The maximum absolute atomic E-state index is 5.05. The number of hydrogen-bond acceptors (Lipinski definition) is 0. The monoisotopic (exact) mass is 105 g/mol. The van der Waals surface area contributed by atoms with Crippen LogP contribution in [0.15, 0.2) is 0 Å². The van der Waals surface area contributed by atoms with E-state index in [9.17, 15) is 0 Å². The smallest absolute Gasteiger partial charge is 0.0359 e. The minimum atomic E-state index is 0. The zero-order chi connectivity index (χ0) is 3.41. The fraction of sp³-hybridized carbons (Fsp3) is 1.00. The zero-order valence-electron chi connectivity index (χ0n) is 3.17. The molecule has 0 heterocycles. The maximum atomic E-state index is 5.05. The van der Waals surface area contributed by atoms with E-state index in [1.807, 2.05) is 0 Å². The van der Waals surface area contributed by atoms with Gasteiger partial charge in [0.05, 0.1) is 0 Å². The van der Waals surface area contributed by atoms with Crippen molar-refractivity contribution in [1.29, 1.82) is 0 Å². The van der Waals surface area contributed by atoms with Gasteiger partial charge in [0.2, 0.25) is 0 Å². The van der Waals surface area contributed by atoms with Crippen LogP contribution in [-0.2, 0) is 0 Å². The summed E-state index contributed by atoms with van der Waals surface area (Å²) in [6, 6.07) is 0. The second kappa shape index (κ2) is 8.95. The van der Waals surface area contributed by atoms with Gasteiger partial charge in [-0.25, -0.2) is 0 Å². The third-order valence-electron chi connectivity index (χ3n) is 0.0714. The summed E-state index contributed by atoms with van der Waals surface area (Å²) in [4.78, 5) is 0. The van der Waals surface area contributed by atoms with Crippen LogP contribution in [0.4, 0.5) is 0 Å². The van der Waals surface area contributed by atoms with Gasteiger partial charge in [-0.2, -0.15) is 0 Å². The van der Waals surface area contributed by atoms with Crippen LogP contribution in [-0.4, -0.2) is 30.6 Å². The van der Waals surface area contributed by atoms with Gasteiger partial charge >= 0.3 is 0 Å². The maximum Gasteiger partial charge on any atom is 0.0359 e. The summed E-state index contributed by atoms with van der Waals surface area (Å²) in [7, 11) is 0. The summed E-state index contributed by atoms with van der Waals surface area (Å²) < 4.78 is 0. The van der Waals surface area contributed by atoms with E-state index in [4.69, 9.17) is 23.2 Å². The Kier molecular flexibility index (Phi) is 17.0. The van der Waals surface area contributed by atoms with Crippen molar-refractivity contribution < 1.29 is 0 Å². The van der Waals surface area contributed by atoms with Crippen LogP contribution in [0, 0.1) is 0 Å². The van der Waals surface area contributed by atoms with Crippen molar-refractivity contribution in [1.82, 2.24) is 0 Å². The van der Waals surface area contributed by atoms with E-state index in [-0.39, 0.29) is 18.9 Å². The van der Waals surface area contributed by atoms with E-state index in [1.165, 1.54) is 0 Å². The molecule has 0 saturated carbocycles. The summed E-state index contributed by atoms with van der Waals surface area (Å²) >= 11 is 10.1. The molecule has 0 atom stereocenters. The van der Waals surface area contributed by atoms with Crippen molar-refractivity contribution in [2.24, 2.45) is 0 Å². The largest absolute Gasteiger partial charge is 0.125 e. The molecule has 0 bridgehead atoms. The van der Waals surface area contributed by atoms with Gasteiger partial charge in [-0.05, 0) is 0 Å². The molecule has 3 heteroatoms. The molecule has 27 valence electrons. The molecule has 0 aliphatic carbocycles. The van der Waals surface area contributed by atoms with Gasteiger partial charge in [-0.1, -0.05) is 0 Å². The van der Waals surface area contributed by atoms with Crippen molar-refractivity contribution in [3.8, 4) is 0 Å². The predicted molar refractivity (Wildman–Crippen MR) is 27.2 cm³/mol.